The van der Waals surface area contributed by atoms with Crippen LogP contribution in [0.15, 0.2) is 25.8 Å². The van der Waals surface area contributed by atoms with E-state index in [1.165, 1.54) is 4.57 Å². The summed E-state index contributed by atoms with van der Waals surface area (Å²) >= 11 is 3.40. The number of rotatable bonds is 2. The topological polar surface area (TPSA) is 44.4 Å². The lowest BCUT2D eigenvalue weighted by molar-refractivity contribution is 0.184. The van der Waals surface area contributed by atoms with Gasteiger partial charge in [0.15, 0.2) is 5.58 Å². The molecule has 0 atom stereocenters. The van der Waals surface area contributed by atoms with E-state index in [2.05, 4.69) is 15.9 Å². The molecule has 0 bridgehead atoms. The molecular weight excluding hydrogens is 262 g/mol. The van der Waals surface area contributed by atoms with Crippen molar-refractivity contribution < 1.29 is 9.15 Å². The molecule has 0 saturated heterocycles. The molecule has 2 rings (SSSR count). The van der Waals surface area contributed by atoms with Crippen LogP contribution in [0.3, 0.4) is 0 Å². The third-order valence-electron chi connectivity index (χ3n) is 2.26. The maximum atomic E-state index is 11.3. The average molecular weight is 272 g/mol. The highest BCUT2D eigenvalue weighted by atomic mass is 79.9. The molecule has 80 valence electrons. The molecule has 1 heterocycles. The molecule has 1 aromatic carbocycles. The molecule has 15 heavy (non-hydrogen) atoms. The van der Waals surface area contributed by atoms with Crippen LogP contribution in [0.5, 0.6) is 0 Å². The number of aryl methyl sites for hydroxylation is 1. The smallest absolute Gasteiger partial charge is 0.408 e. The third-order valence-corrected chi connectivity index (χ3v) is 3.00. The van der Waals surface area contributed by atoms with Crippen LogP contribution < -0.4 is 5.76 Å². The van der Waals surface area contributed by atoms with Crippen molar-refractivity contribution in [1.29, 1.82) is 0 Å². The van der Waals surface area contributed by atoms with Crippen molar-refractivity contribution in [1.82, 2.24) is 4.57 Å². The Labute approximate surface area is 94.6 Å². The van der Waals surface area contributed by atoms with Gasteiger partial charge >= 0.3 is 5.76 Å². The maximum Gasteiger partial charge on any atom is 0.419 e. The van der Waals surface area contributed by atoms with Gasteiger partial charge < -0.3 is 9.15 Å². The lowest BCUT2D eigenvalue weighted by atomic mass is 10.2. The molecule has 0 spiro atoms. The quantitative estimate of drug-likeness (QED) is 0.840. The number of aromatic nitrogens is 1. The molecule has 0 radical (unpaired) electrons. The summed E-state index contributed by atoms with van der Waals surface area (Å²) in [6.07, 6.45) is 0. The number of fused-ring (bicyclic) bond motifs is 1. The Hall–Kier alpha value is -1.07. The zero-order valence-electron chi connectivity index (χ0n) is 8.41. The normalized spacial score (nSPS) is 11.1. The predicted molar refractivity (Wildman–Crippen MR) is 59.9 cm³/mol. The zero-order chi connectivity index (χ0) is 11.0. The van der Waals surface area contributed by atoms with E-state index in [1.54, 1.807) is 20.2 Å². The van der Waals surface area contributed by atoms with Crippen molar-refractivity contribution in [3.05, 3.63) is 32.7 Å². The molecule has 0 amide bonds. The molecule has 0 aliphatic rings. The predicted octanol–water partition coefficient (Wildman–Crippen LogP) is 2.04. The highest BCUT2D eigenvalue weighted by molar-refractivity contribution is 9.10. The van der Waals surface area contributed by atoms with Crippen molar-refractivity contribution in [2.75, 3.05) is 7.11 Å². The SMILES string of the molecule is COCc1cc2c(cc1Br)oc(=O)n2C. The molecule has 0 saturated carbocycles. The minimum atomic E-state index is -0.355. The largest absolute Gasteiger partial charge is 0.419 e. The number of halogens is 1. The van der Waals surface area contributed by atoms with Gasteiger partial charge in [0.05, 0.1) is 12.1 Å². The third kappa shape index (κ3) is 1.72. The highest BCUT2D eigenvalue weighted by Crippen LogP contribution is 2.24. The number of nitrogens with zero attached hydrogens (tertiary/aromatic N) is 1. The summed E-state index contributed by atoms with van der Waals surface area (Å²) in [5.41, 5.74) is 2.34. The zero-order valence-corrected chi connectivity index (χ0v) is 10.00. The number of hydrogen-bond acceptors (Lipinski definition) is 3. The fraction of sp³-hybridized carbons (Fsp3) is 0.300. The van der Waals surface area contributed by atoms with Gasteiger partial charge in [-0.1, -0.05) is 15.9 Å². The lowest BCUT2D eigenvalue weighted by Gasteiger charge is -2.03. The standard InChI is InChI=1S/C10H10BrNO3/c1-12-8-3-6(5-14-2)7(11)4-9(8)15-10(12)13/h3-4H,5H2,1-2H3. The van der Waals surface area contributed by atoms with Crippen molar-refractivity contribution in [2.24, 2.45) is 7.05 Å². The van der Waals surface area contributed by atoms with Crippen LogP contribution in [0.2, 0.25) is 0 Å². The highest BCUT2D eigenvalue weighted by Gasteiger charge is 2.09. The molecule has 0 aliphatic heterocycles. The fourth-order valence-corrected chi connectivity index (χ4v) is 1.89. The second-order valence-corrected chi connectivity index (χ2v) is 4.13. The first-order valence-corrected chi connectivity index (χ1v) is 5.19. The molecule has 0 unspecified atom stereocenters. The van der Waals surface area contributed by atoms with Crippen molar-refractivity contribution in [3.8, 4) is 0 Å². The Morgan fingerprint density at radius 1 is 1.53 bits per heavy atom. The number of oxazole rings is 1. The van der Waals surface area contributed by atoms with E-state index in [0.717, 1.165) is 15.6 Å². The molecule has 1 aromatic heterocycles. The molecule has 0 aliphatic carbocycles. The summed E-state index contributed by atoms with van der Waals surface area (Å²) in [7, 11) is 3.31. The monoisotopic (exact) mass is 271 g/mol. The van der Waals surface area contributed by atoms with Gasteiger partial charge in [0.25, 0.3) is 0 Å². The summed E-state index contributed by atoms with van der Waals surface area (Å²) in [6, 6.07) is 3.67. The number of hydrogen-bond donors (Lipinski definition) is 0. The van der Waals surface area contributed by atoms with E-state index in [9.17, 15) is 4.79 Å². The van der Waals surface area contributed by atoms with Gasteiger partial charge in [0.2, 0.25) is 0 Å². The second-order valence-electron chi connectivity index (χ2n) is 3.27. The van der Waals surface area contributed by atoms with Crippen LogP contribution in [0.25, 0.3) is 11.1 Å². The van der Waals surface area contributed by atoms with E-state index in [-0.39, 0.29) is 5.76 Å². The maximum absolute atomic E-state index is 11.3. The Morgan fingerprint density at radius 3 is 2.93 bits per heavy atom. The molecule has 5 heteroatoms. The van der Waals surface area contributed by atoms with E-state index in [1.807, 2.05) is 6.07 Å². The van der Waals surface area contributed by atoms with Crippen LogP contribution >= 0.6 is 15.9 Å². The van der Waals surface area contributed by atoms with E-state index < -0.39 is 0 Å². The average Bonchev–Trinajstić information content (AvgIpc) is 2.45. The van der Waals surface area contributed by atoms with Crippen molar-refractivity contribution in [3.63, 3.8) is 0 Å². The fourth-order valence-electron chi connectivity index (χ4n) is 1.46. The van der Waals surface area contributed by atoms with Crippen LogP contribution in [-0.2, 0) is 18.4 Å². The van der Waals surface area contributed by atoms with E-state index >= 15 is 0 Å². The van der Waals surface area contributed by atoms with Gasteiger partial charge in [-0.25, -0.2) is 4.79 Å². The summed E-state index contributed by atoms with van der Waals surface area (Å²) in [6.45, 7) is 0.496. The Bertz CT molecular complexity index is 556. The second kappa shape index (κ2) is 3.83. The number of benzene rings is 1. The minimum Gasteiger partial charge on any atom is -0.408 e. The molecule has 0 N–H and O–H groups in total. The van der Waals surface area contributed by atoms with Crippen LogP contribution in [0.1, 0.15) is 5.56 Å². The summed E-state index contributed by atoms with van der Waals surface area (Å²) in [5.74, 6) is -0.355. The van der Waals surface area contributed by atoms with Gasteiger partial charge in [0.1, 0.15) is 0 Å². The summed E-state index contributed by atoms with van der Waals surface area (Å²) < 4.78 is 12.5. The van der Waals surface area contributed by atoms with Crippen LogP contribution in [0, 0.1) is 0 Å². The Morgan fingerprint density at radius 2 is 2.27 bits per heavy atom. The van der Waals surface area contributed by atoms with Gasteiger partial charge in [0, 0.05) is 18.6 Å². The Kier molecular flexibility index (Phi) is 2.67. The summed E-state index contributed by atoms with van der Waals surface area (Å²) in [5, 5.41) is 0. The van der Waals surface area contributed by atoms with Crippen LogP contribution in [0.4, 0.5) is 0 Å². The first-order valence-electron chi connectivity index (χ1n) is 4.40. The number of ether oxygens (including phenoxy) is 1. The van der Waals surface area contributed by atoms with Crippen molar-refractivity contribution in [2.45, 2.75) is 6.61 Å². The lowest BCUT2D eigenvalue weighted by Crippen LogP contribution is -2.08. The molecule has 2 aromatic rings. The first kappa shape index (κ1) is 10.4. The summed E-state index contributed by atoms with van der Waals surface area (Å²) in [4.78, 5) is 11.3. The molecule has 0 fully saturated rings. The first-order chi connectivity index (χ1) is 7.13. The van der Waals surface area contributed by atoms with Gasteiger partial charge in [-0.05, 0) is 17.7 Å². The number of methoxy groups -OCH3 is 1. The van der Waals surface area contributed by atoms with Gasteiger partial charge in [-0.2, -0.15) is 0 Å². The minimum absolute atomic E-state index is 0.355. The van der Waals surface area contributed by atoms with E-state index in [4.69, 9.17) is 9.15 Å². The van der Waals surface area contributed by atoms with E-state index in [0.29, 0.717) is 12.2 Å². The van der Waals surface area contributed by atoms with Crippen molar-refractivity contribution >= 4 is 27.0 Å². The molecule has 4 nitrogen and oxygen atoms in total. The van der Waals surface area contributed by atoms with Crippen LogP contribution in [-0.4, -0.2) is 11.7 Å². The van der Waals surface area contributed by atoms with Gasteiger partial charge in [-0.15, -0.1) is 0 Å². The molecular formula is C10H10BrNO3. The van der Waals surface area contributed by atoms with Gasteiger partial charge in [-0.3, -0.25) is 4.57 Å². The Balaban J connectivity index is 2.71.